The Morgan fingerprint density at radius 3 is 2.17 bits per heavy atom. The van der Waals surface area contributed by atoms with Crippen LogP contribution in [0.25, 0.3) is 0 Å². The van der Waals surface area contributed by atoms with Crippen molar-refractivity contribution < 1.29 is 23.7 Å². The van der Waals surface area contributed by atoms with Gasteiger partial charge in [-0.2, -0.15) is 0 Å². The van der Waals surface area contributed by atoms with Gasteiger partial charge in [-0.3, -0.25) is 9.80 Å². The van der Waals surface area contributed by atoms with Crippen LogP contribution in [0.2, 0.25) is 0 Å². The average molecular weight is 703 g/mol. The summed E-state index contributed by atoms with van der Waals surface area (Å²) in [5.41, 5.74) is 7.46. The first-order valence-electron chi connectivity index (χ1n) is 19.0. The third kappa shape index (κ3) is 6.38. The SMILES string of the molecule is COc1cc2c3c4c1Oc1cc5c(cc1O4)C(Cc1ccc(OCCCN4CCN(C)CC4)c(c1)Oc1ccc(cc1)CC3N(C)CC2)N(C)CC5. The first-order valence-corrected chi connectivity index (χ1v) is 19.0. The maximum absolute atomic E-state index is 6.98. The van der Waals surface area contributed by atoms with Crippen LogP contribution >= 0.6 is 0 Å². The summed E-state index contributed by atoms with van der Waals surface area (Å²) in [5.74, 6) is 6.05. The zero-order chi connectivity index (χ0) is 35.3. The molecule has 0 N–H and O–H groups in total. The number of hydrogen-bond donors (Lipinski definition) is 0. The lowest BCUT2D eigenvalue weighted by Crippen LogP contribution is -2.44. The standard InChI is InChI=1S/C43H50N4O5/c1-44-17-19-47(20-18-44)14-5-21-49-36-11-8-29-23-34-33-27-39-38(25-30(33)12-15-45(34)2)51-42-40(48-4)26-31-13-16-46(3)35(41(31)43(42)52-39)22-28-6-9-32(10-7-28)50-37(36)24-29/h6-11,24-27,34-35H,5,12-23H2,1-4H3. The zero-order valence-electron chi connectivity index (χ0n) is 31.0. The summed E-state index contributed by atoms with van der Waals surface area (Å²) in [7, 11) is 8.35. The Balaban J connectivity index is 1.08. The molecular weight excluding hydrogens is 652 g/mol. The fourth-order valence-corrected chi connectivity index (χ4v) is 8.70. The molecule has 1 saturated heterocycles. The van der Waals surface area contributed by atoms with Crippen LogP contribution in [0.5, 0.6) is 46.0 Å². The number of ether oxygens (including phenoxy) is 5. The number of benzene rings is 4. The molecule has 2 unspecified atom stereocenters. The fraction of sp³-hybridized carbons (Fsp3) is 0.442. The smallest absolute Gasteiger partial charge is 0.212 e. The topological polar surface area (TPSA) is 59.1 Å². The number of rotatable bonds is 6. The van der Waals surface area contributed by atoms with E-state index >= 15 is 0 Å². The van der Waals surface area contributed by atoms with Crippen LogP contribution in [0.15, 0.2) is 60.7 Å². The molecule has 0 saturated carbocycles. The van der Waals surface area contributed by atoms with Crippen LogP contribution in [0.4, 0.5) is 0 Å². The molecule has 52 heavy (non-hydrogen) atoms. The van der Waals surface area contributed by atoms with E-state index < -0.39 is 0 Å². The van der Waals surface area contributed by atoms with E-state index in [0.717, 1.165) is 118 Å². The van der Waals surface area contributed by atoms with Crippen molar-refractivity contribution in [1.29, 1.82) is 0 Å². The molecule has 9 heteroatoms. The molecule has 0 spiro atoms. The molecular formula is C43H50N4O5. The van der Waals surface area contributed by atoms with Gasteiger partial charge in [0.25, 0.3) is 0 Å². The second kappa shape index (κ2) is 13.9. The molecule has 0 aliphatic carbocycles. The van der Waals surface area contributed by atoms with Crippen LogP contribution < -0.4 is 23.7 Å². The molecule has 9 nitrogen and oxygen atoms in total. The zero-order valence-corrected chi connectivity index (χ0v) is 31.0. The van der Waals surface area contributed by atoms with Crippen molar-refractivity contribution in [3.05, 3.63) is 94.0 Å². The van der Waals surface area contributed by atoms with E-state index in [-0.39, 0.29) is 12.1 Å². The summed E-state index contributed by atoms with van der Waals surface area (Å²) in [6, 6.07) is 21.9. The molecule has 4 aromatic rings. The van der Waals surface area contributed by atoms with E-state index in [1.807, 2.05) is 0 Å². The molecule has 6 aliphatic heterocycles. The second-order valence-electron chi connectivity index (χ2n) is 15.3. The van der Waals surface area contributed by atoms with Crippen molar-refractivity contribution in [2.75, 3.05) is 80.7 Å². The van der Waals surface area contributed by atoms with Gasteiger partial charge in [0, 0.05) is 63.5 Å². The van der Waals surface area contributed by atoms with Crippen molar-refractivity contribution in [2.24, 2.45) is 0 Å². The van der Waals surface area contributed by atoms with E-state index in [2.05, 4.69) is 101 Å². The first-order chi connectivity index (χ1) is 25.4. The molecule has 0 amide bonds. The van der Waals surface area contributed by atoms with Gasteiger partial charge in [0.05, 0.1) is 13.7 Å². The van der Waals surface area contributed by atoms with Gasteiger partial charge in [-0.25, -0.2) is 0 Å². The highest BCUT2D eigenvalue weighted by Crippen LogP contribution is 2.56. The minimum Gasteiger partial charge on any atom is -0.493 e. The molecule has 6 aliphatic rings. The highest BCUT2D eigenvalue weighted by Gasteiger charge is 2.37. The quantitative estimate of drug-likeness (QED) is 0.170. The molecule has 272 valence electrons. The van der Waals surface area contributed by atoms with Crippen molar-refractivity contribution in [3.63, 3.8) is 0 Å². The van der Waals surface area contributed by atoms with Gasteiger partial charge in [-0.05, 0) is 124 Å². The maximum Gasteiger partial charge on any atom is 0.212 e. The normalized spacial score (nSPS) is 21.5. The minimum absolute atomic E-state index is 0.109. The lowest BCUT2D eigenvalue weighted by molar-refractivity contribution is 0.145. The van der Waals surface area contributed by atoms with Crippen molar-refractivity contribution in [3.8, 4) is 46.0 Å². The van der Waals surface area contributed by atoms with Crippen LogP contribution in [0.3, 0.4) is 0 Å². The van der Waals surface area contributed by atoms with E-state index in [1.54, 1.807) is 7.11 Å². The fourth-order valence-electron chi connectivity index (χ4n) is 8.70. The number of fused-ring (bicyclic) bond motifs is 2. The van der Waals surface area contributed by atoms with Gasteiger partial charge < -0.3 is 33.5 Å². The number of nitrogens with zero attached hydrogens (tertiary/aromatic N) is 4. The van der Waals surface area contributed by atoms with E-state index in [4.69, 9.17) is 23.7 Å². The predicted molar refractivity (Wildman–Crippen MR) is 202 cm³/mol. The highest BCUT2D eigenvalue weighted by atomic mass is 16.6. The van der Waals surface area contributed by atoms with Crippen molar-refractivity contribution in [1.82, 2.24) is 19.6 Å². The third-order valence-corrected chi connectivity index (χ3v) is 11.9. The number of methoxy groups -OCH3 is 1. The molecule has 7 bridgehead atoms. The van der Waals surface area contributed by atoms with Crippen LogP contribution in [-0.2, 0) is 25.7 Å². The van der Waals surface area contributed by atoms with Gasteiger partial charge in [0.15, 0.2) is 34.5 Å². The van der Waals surface area contributed by atoms with E-state index in [1.165, 1.54) is 33.4 Å². The molecule has 0 radical (unpaired) electrons. The lowest BCUT2D eigenvalue weighted by atomic mass is 9.86. The minimum atomic E-state index is 0.109. The Morgan fingerprint density at radius 1 is 0.654 bits per heavy atom. The average Bonchev–Trinajstić information content (AvgIpc) is 3.15. The summed E-state index contributed by atoms with van der Waals surface area (Å²) in [6.07, 6.45) is 4.50. The Morgan fingerprint density at radius 2 is 1.37 bits per heavy atom. The molecule has 10 rings (SSSR count). The van der Waals surface area contributed by atoms with Crippen LogP contribution in [0.1, 0.15) is 51.9 Å². The van der Waals surface area contributed by atoms with E-state index in [9.17, 15) is 0 Å². The monoisotopic (exact) mass is 702 g/mol. The summed E-state index contributed by atoms with van der Waals surface area (Å²) >= 11 is 0. The maximum atomic E-state index is 6.98. The number of piperazine rings is 1. The number of hydrogen-bond acceptors (Lipinski definition) is 9. The lowest BCUT2D eigenvalue weighted by Gasteiger charge is -2.39. The van der Waals surface area contributed by atoms with Gasteiger partial charge in [0.2, 0.25) is 5.75 Å². The summed E-state index contributed by atoms with van der Waals surface area (Å²) < 4.78 is 32.8. The molecule has 0 aromatic heterocycles. The van der Waals surface area contributed by atoms with Crippen LogP contribution in [0, 0.1) is 0 Å². The Bertz CT molecular complexity index is 1960. The first kappa shape index (κ1) is 33.5. The van der Waals surface area contributed by atoms with Gasteiger partial charge >= 0.3 is 0 Å². The summed E-state index contributed by atoms with van der Waals surface area (Å²) in [6.45, 7) is 8.12. The Labute approximate surface area is 307 Å². The van der Waals surface area contributed by atoms with Gasteiger partial charge in [-0.1, -0.05) is 18.2 Å². The summed E-state index contributed by atoms with van der Waals surface area (Å²) in [5, 5.41) is 0. The predicted octanol–water partition coefficient (Wildman–Crippen LogP) is 7.26. The highest BCUT2D eigenvalue weighted by molar-refractivity contribution is 5.67. The number of likely N-dealkylation sites (N-methyl/N-ethyl adjacent to an activating group) is 3. The van der Waals surface area contributed by atoms with Crippen LogP contribution in [-0.4, -0.2) is 100 Å². The third-order valence-electron chi connectivity index (χ3n) is 11.9. The van der Waals surface area contributed by atoms with Gasteiger partial charge in [-0.15, -0.1) is 0 Å². The summed E-state index contributed by atoms with van der Waals surface area (Å²) in [4.78, 5) is 9.84. The van der Waals surface area contributed by atoms with Crippen molar-refractivity contribution in [2.45, 2.75) is 44.2 Å². The Kier molecular flexibility index (Phi) is 8.99. The Hall–Kier alpha value is -4.28. The second-order valence-corrected chi connectivity index (χ2v) is 15.3. The molecule has 2 atom stereocenters. The molecule has 1 fully saturated rings. The molecule has 4 aromatic carbocycles. The largest absolute Gasteiger partial charge is 0.493 e. The van der Waals surface area contributed by atoms with Crippen molar-refractivity contribution >= 4 is 0 Å². The van der Waals surface area contributed by atoms with E-state index in [0.29, 0.717) is 12.4 Å². The van der Waals surface area contributed by atoms with Gasteiger partial charge in [0.1, 0.15) is 5.75 Å². The molecule has 6 heterocycles.